The van der Waals surface area contributed by atoms with Crippen LogP contribution in [0.1, 0.15) is 22.6 Å². The van der Waals surface area contributed by atoms with Gasteiger partial charge in [0, 0.05) is 21.3 Å². The molecule has 18 heavy (non-hydrogen) atoms. The van der Waals surface area contributed by atoms with Crippen LogP contribution in [0.15, 0.2) is 22.7 Å². The minimum Gasteiger partial charge on any atom is -0.241 e. The third-order valence-electron chi connectivity index (χ3n) is 2.79. The quantitative estimate of drug-likeness (QED) is 0.825. The zero-order valence-electron chi connectivity index (χ0n) is 10.3. The van der Waals surface area contributed by atoms with Crippen LogP contribution >= 0.6 is 27.3 Å². The zero-order valence-corrected chi connectivity index (χ0v) is 12.7. The molecule has 1 aromatic carbocycles. The first kappa shape index (κ1) is 13.3. The molecule has 0 bridgehead atoms. The number of halogens is 1. The summed E-state index contributed by atoms with van der Waals surface area (Å²) in [5, 5.41) is 9.69. The Morgan fingerprint density at radius 1 is 1.39 bits per heavy atom. The second kappa shape index (κ2) is 5.64. The maximum Gasteiger partial charge on any atom is 0.124 e. The SMILES string of the molecule is Cc1ccc(Br)cc1-c1nc(C)c(CCC#N)s1. The van der Waals surface area contributed by atoms with E-state index in [2.05, 4.69) is 46.0 Å². The lowest BCUT2D eigenvalue weighted by Crippen LogP contribution is -1.83. The van der Waals surface area contributed by atoms with Crippen LogP contribution in [0.25, 0.3) is 10.6 Å². The van der Waals surface area contributed by atoms with E-state index in [4.69, 9.17) is 5.26 Å². The molecular weight excluding hydrogens is 308 g/mol. The van der Waals surface area contributed by atoms with Crippen molar-refractivity contribution in [2.45, 2.75) is 26.7 Å². The molecule has 0 radical (unpaired) electrons. The molecule has 2 rings (SSSR count). The van der Waals surface area contributed by atoms with Crippen molar-refractivity contribution in [2.24, 2.45) is 0 Å². The van der Waals surface area contributed by atoms with E-state index in [-0.39, 0.29) is 0 Å². The summed E-state index contributed by atoms with van der Waals surface area (Å²) in [7, 11) is 0. The largest absolute Gasteiger partial charge is 0.241 e. The third kappa shape index (κ3) is 2.80. The van der Waals surface area contributed by atoms with Crippen LogP contribution in [-0.4, -0.2) is 4.98 Å². The first-order valence-electron chi connectivity index (χ1n) is 5.71. The highest BCUT2D eigenvalue weighted by molar-refractivity contribution is 9.10. The van der Waals surface area contributed by atoms with Crippen molar-refractivity contribution >= 4 is 27.3 Å². The predicted octanol–water partition coefficient (Wildman–Crippen LogP) is 4.65. The molecule has 0 aliphatic carbocycles. The van der Waals surface area contributed by atoms with Crippen molar-refractivity contribution in [3.63, 3.8) is 0 Å². The standard InChI is InChI=1S/C14H13BrN2S/c1-9-5-6-11(15)8-12(9)14-17-10(2)13(18-14)4-3-7-16/h5-6,8H,3-4H2,1-2H3. The minimum atomic E-state index is 0.555. The third-order valence-corrected chi connectivity index (χ3v) is 4.53. The van der Waals surface area contributed by atoms with Gasteiger partial charge in [-0.3, -0.25) is 0 Å². The van der Waals surface area contributed by atoms with E-state index >= 15 is 0 Å². The van der Waals surface area contributed by atoms with Gasteiger partial charge in [-0.25, -0.2) is 4.98 Å². The van der Waals surface area contributed by atoms with Gasteiger partial charge in [0.15, 0.2) is 0 Å². The van der Waals surface area contributed by atoms with Gasteiger partial charge in [-0.1, -0.05) is 22.0 Å². The summed E-state index contributed by atoms with van der Waals surface area (Å²) >= 11 is 5.19. The monoisotopic (exact) mass is 320 g/mol. The van der Waals surface area contributed by atoms with Crippen LogP contribution in [0.4, 0.5) is 0 Å². The molecule has 0 aliphatic rings. The average molecular weight is 321 g/mol. The van der Waals surface area contributed by atoms with Crippen molar-refractivity contribution in [3.8, 4) is 16.6 Å². The molecular formula is C14H13BrN2S. The van der Waals surface area contributed by atoms with E-state index in [0.29, 0.717) is 6.42 Å². The van der Waals surface area contributed by atoms with Crippen LogP contribution in [0.2, 0.25) is 0 Å². The Kier molecular flexibility index (Phi) is 4.15. The Hall–Kier alpha value is -1.18. The maximum atomic E-state index is 8.65. The number of thiazole rings is 1. The van der Waals surface area contributed by atoms with Gasteiger partial charge in [0.1, 0.15) is 5.01 Å². The molecule has 0 atom stereocenters. The average Bonchev–Trinajstić information content (AvgIpc) is 2.71. The molecule has 0 saturated heterocycles. The fourth-order valence-electron chi connectivity index (χ4n) is 1.77. The Morgan fingerprint density at radius 2 is 2.17 bits per heavy atom. The number of aryl methyl sites for hydroxylation is 3. The first-order valence-corrected chi connectivity index (χ1v) is 7.32. The Bertz CT molecular complexity index is 611. The van der Waals surface area contributed by atoms with Crippen LogP contribution < -0.4 is 0 Å². The maximum absolute atomic E-state index is 8.65. The molecule has 0 fully saturated rings. The molecule has 2 aromatic rings. The van der Waals surface area contributed by atoms with Crippen molar-refractivity contribution in [1.29, 1.82) is 5.26 Å². The molecule has 0 amide bonds. The molecule has 92 valence electrons. The molecule has 2 nitrogen and oxygen atoms in total. The number of hydrogen-bond donors (Lipinski definition) is 0. The van der Waals surface area contributed by atoms with Gasteiger partial charge in [0.2, 0.25) is 0 Å². The summed E-state index contributed by atoms with van der Waals surface area (Å²) < 4.78 is 1.06. The van der Waals surface area contributed by atoms with E-state index in [9.17, 15) is 0 Å². The van der Waals surface area contributed by atoms with Crippen LogP contribution in [0.5, 0.6) is 0 Å². The Labute approximate surface area is 119 Å². The summed E-state index contributed by atoms with van der Waals surface area (Å²) in [5.74, 6) is 0. The van der Waals surface area contributed by atoms with Crippen molar-refractivity contribution in [2.75, 3.05) is 0 Å². The van der Waals surface area contributed by atoms with Gasteiger partial charge in [0.25, 0.3) is 0 Å². The van der Waals surface area contributed by atoms with Crippen molar-refractivity contribution in [3.05, 3.63) is 38.8 Å². The lowest BCUT2D eigenvalue weighted by atomic mass is 10.1. The molecule has 0 unspecified atom stereocenters. The normalized spacial score (nSPS) is 10.3. The van der Waals surface area contributed by atoms with Crippen LogP contribution in [0, 0.1) is 25.2 Å². The number of nitrogens with zero attached hydrogens (tertiary/aromatic N) is 2. The summed E-state index contributed by atoms with van der Waals surface area (Å²) in [6.45, 7) is 4.10. The van der Waals surface area contributed by atoms with Gasteiger partial charge < -0.3 is 0 Å². The zero-order chi connectivity index (χ0) is 13.1. The molecule has 0 saturated carbocycles. The van der Waals surface area contributed by atoms with Crippen LogP contribution in [0.3, 0.4) is 0 Å². The molecule has 4 heteroatoms. The molecule has 1 aromatic heterocycles. The predicted molar refractivity (Wildman–Crippen MR) is 78.7 cm³/mol. The summed E-state index contributed by atoms with van der Waals surface area (Å²) in [6, 6.07) is 8.41. The fraction of sp³-hybridized carbons (Fsp3) is 0.286. The van der Waals surface area contributed by atoms with E-state index < -0.39 is 0 Å². The van der Waals surface area contributed by atoms with Gasteiger partial charge in [-0.05, 0) is 38.0 Å². The van der Waals surface area contributed by atoms with Gasteiger partial charge in [0.05, 0.1) is 11.8 Å². The first-order chi connectivity index (χ1) is 8.61. The smallest absolute Gasteiger partial charge is 0.124 e. The lowest BCUT2D eigenvalue weighted by molar-refractivity contribution is 1.01. The van der Waals surface area contributed by atoms with Gasteiger partial charge in [-0.2, -0.15) is 5.26 Å². The van der Waals surface area contributed by atoms with Crippen molar-refractivity contribution < 1.29 is 0 Å². The van der Waals surface area contributed by atoms with Crippen molar-refractivity contribution in [1.82, 2.24) is 4.98 Å². The topological polar surface area (TPSA) is 36.7 Å². The highest BCUT2D eigenvalue weighted by atomic mass is 79.9. The van der Waals surface area contributed by atoms with Gasteiger partial charge >= 0.3 is 0 Å². The minimum absolute atomic E-state index is 0.555. The van der Waals surface area contributed by atoms with E-state index in [1.54, 1.807) is 11.3 Å². The van der Waals surface area contributed by atoms with Gasteiger partial charge in [-0.15, -0.1) is 11.3 Å². The number of aromatic nitrogens is 1. The number of rotatable bonds is 3. The highest BCUT2D eigenvalue weighted by Crippen LogP contribution is 2.32. The second-order valence-corrected chi connectivity index (χ2v) is 6.14. The summed E-state index contributed by atoms with van der Waals surface area (Å²) in [6.07, 6.45) is 1.35. The molecule has 0 spiro atoms. The van der Waals surface area contributed by atoms with Crippen LogP contribution in [-0.2, 0) is 6.42 Å². The van der Waals surface area contributed by atoms with E-state index in [0.717, 1.165) is 21.6 Å². The molecule has 0 aliphatic heterocycles. The number of hydrogen-bond acceptors (Lipinski definition) is 3. The van der Waals surface area contributed by atoms with E-state index in [1.807, 2.05) is 13.0 Å². The summed E-state index contributed by atoms with van der Waals surface area (Å²) in [5.41, 5.74) is 3.43. The molecule has 1 heterocycles. The fourth-order valence-corrected chi connectivity index (χ4v) is 3.27. The highest BCUT2D eigenvalue weighted by Gasteiger charge is 2.11. The Morgan fingerprint density at radius 3 is 2.89 bits per heavy atom. The number of benzene rings is 1. The Balaban J connectivity index is 2.40. The lowest BCUT2D eigenvalue weighted by Gasteiger charge is -2.02. The van der Waals surface area contributed by atoms with E-state index in [1.165, 1.54) is 16.0 Å². The number of nitriles is 1. The molecule has 0 N–H and O–H groups in total. The summed E-state index contributed by atoms with van der Waals surface area (Å²) in [4.78, 5) is 5.84. The second-order valence-electron chi connectivity index (χ2n) is 4.14.